The van der Waals surface area contributed by atoms with Crippen LogP contribution >= 0.6 is 0 Å². The van der Waals surface area contributed by atoms with E-state index in [2.05, 4.69) is 10.3 Å². The van der Waals surface area contributed by atoms with E-state index in [-0.39, 0.29) is 22.9 Å². The molecule has 0 aliphatic carbocycles. The van der Waals surface area contributed by atoms with Crippen molar-refractivity contribution in [3.05, 3.63) is 65.2 Å². The van der Waals surface area contributed by atoms with E-state index in [9.17, 15) is 13.6 Å². The van der Waals surface area contributed by atoms with Crippen LogP contribution < -0.4 is 15.6 Å². The van der Waals surface area contributed by atoms with Crippen molar-refractivity contribution in [2.75, 3.05) is 20.3 Å². The van der Waals surface area contributed by atoms with E-state index >= 15 is 0 Å². The minimum atomic E-state index is -0.781. The molecule has 1 aliphatic rings. The van der Waals surface area contributed by atoms with Crippen LogP contribution in [-0.2, 0) is 4.74 Å². The lowest BCUT2D eigenvalue weighted by molar-refractivity contribution is 0.0854. The second kappa shape index (κ2) is 8.62. The Kier molecular flexibility index (Phi) is 5.76. The zero-order valence-corrected chi connectivity index (χ0v) is 16.3. The van der Waals surface area contributed by atoms with Gasteiger partial charge in [-0.3, -0.25) is 4.79 Å². The van der Waals surface area contributed by atoms with E-state index in [0.717, 1.165) is 31.0 Å². The predicted octanol–water partition coefficient (Wildman–Crippen LogP) is 3.86. The van der Waals surface area contributed by atoms with Crippen molar-refractivity contribution in [2.45, 2.75) is 18.9 Å². The van der Waals surface area contributed by atoms with Crippen LogP contribution in [0.3, 0.4) is 0 Å². The van der Waals surface area contributed by atoms with Gasteiger partial charge >= 0.3 is 0 Å². The SMILES string of the molecule is COc1cccc2cc(C(=O)NC[C@@H]3CCCO3)c(=Nc3cc(F)cc(F)c3)oc12. The number of carbonyl (C=O) groups excluding carboxylic acids is 1. The number of fused-ring (bicyclic) bond motifs is 1. The summed E-state index contributed by atoms with van der Waals surface area (Å²) in [6.07, 6.45) is 1.79. The Morgan fingerprint density at radius 2 is 2.03 bits per heavy atom. The quantitative estimate of drug-likeness (QED) is 0.688. The van der Waals surface area contributed by atoms with Gasteiger partial charge in [-0.1, -0.05) is 12.1 Å². The number of nitrogens with one attached hydrogen (secondary N) is 1. The zero-order valence-electron chi connectivity index (χ0n) is 16.3. The minimum absolute atomic E-state index is 0.0151. The molecule has 1 aromatic heterocycles. The maximum Gasteiger partial charge on any atom is 0.256 e. The van der Waals surface area contributed by atoms with Gasteiger partial charge in [-0.2, -0.15) is 0 Å². The largest absolute Gasteiger partial charge is 0.493 e. The Balaban J connectivity index is 1.81. The molecule has 4 rings (SSSR count). The van der Waals surface area contributed by atoms with E-state index < -0.39 is 17.5 Å². The van der Waals surface area contributed by atoms with Crippen LogP contribution in [0.2, 0.25) is 0 Å². The maximum atomic E-state index is 13.6. The lowest BCUT2D eigenvalue weighted by atomic mass is 10.1. The fraction of sp³-hybridized carbons (Fsp3) is 0.273. The molecule has 0 radical (unpaired) electrons. The molecule has 1 N–H and O–H groups in total. The number of hydrogen-bond donors (Lipinski definition) is 1. The zero-order chi connectivity index (χ0) is 21.1. The molecule has 6 nitrogen and oxygen atoms in total. The van der Waals surface area contributed by atoms with Crippen molar-refractivity contribution in [3.8, 4) is 5.75 Å². The first-order valence-corrected chi connectivity index (χ1v) is 9.55. The minimum Gasteiger partial charge on any atom is -0.493 e. The topological polar surface area (TPSA) is 73.1 Å². The fourth-order valence-corrected chi connectivity index (χ4v) is 3.36. The van der Waals surface area contributed by atoms with Crippen LogP contribution in [0, 0.1) is 11.6 Å². The van der Waals surface area contributed by atoms with E-state index in [1.165, 1.54) is 7.11 Å². The van der Waals surface area contributed by atoms with Crippen molar-refractivity contribution >= 4 is 22.6 Å². The summed E-state index contributed by atoms with van der Waals surface area (Å²) in [4.78, 5) is 17.1. The number of benzene rings is 2. The molecule has 1 amide bonds. The van der Waals surface area contributed by atoms with E-state index in [0.29, 0.717) is 29.9 Å². The van der Waals surface area contributed by atoms with Crippen molar-refractivity contribution in [1.82, 2.24) is 5.32 Å². The monoisotopic (exact) mass is 414 g/mol. The highest BCUT2D eigenvalue weighted by molar-refractivity contribution is 5.97. The van der Waals surface area contributed by atoms with Gasteiger partial charge in [0.15, 0.2) is 11.3 Å². The molecule has 0 unspecified atom stereocenters. The maximum absolute atomic E-state index is 13.6. The molecule has 0 saturated carbocycles. The molecule has 1 fully saturated rings. The van der Waals surface area contributed by atoms with Crippen molar-refractivity contribution in [2.24, 2.45) is 4.99 Å². The van der Waals surface area contributed by atoms with Gasteiger partial charge < -0.3 is 19.2 Å². The Morgan fingerprint density at radius 1 is 1.23 bits per heavy atom. The molecule has 0 bridgehead atoms. The number of methoxy groups -OCH3 is 1. The number of halogens is 2. The van der Waals surface area contributed by atoms with Gasteiger partial charge in [0.2, 0.25) is 5.55 Å². The van der Waals surface area contributed by atoms with E-state index in [4.69, 9.17) is 13.9 Å². The number of carbonyl (C=O) groups is 1. The Morgan fingerprint density at radius 3 is 2.73 bits per heavy atom. The number of amides is 1. The number of rotatable bonds is 5. The summed E-state index contributed by atoms with van der Waals surface area (Å²) in [5.41, 5.74) is 0.408. The molecule has 0 spiro atoms. The number of hydrogen-bond acceptors (Lipinski definition) is 5. The summed E-state index contributed by atoms with van der Waals surface area (Å²) in [7, 11) is 1.49. The van der Waals surface area contributed by atoms with Crippen molar-refractivity contribution < 1.29 is 27.5 Å². The number of nitrogens with zero attached hydrogens (tertiary/aromatic N) is 1. The highest BCUT2D eigenvalue weighted by atomic mass is 19.1. The van der Waals surface area contributed by atoms with Gasteiger partial charge in [-0.05, 0) is 37.1 Å². The van der Waals surface area contributed by atoms with Gasteiger partial charge in [-0.15, -0.1) is 0 Å². The van der Waals surface area contributed by atoms with Gasteiger partial charge in [0.1, 0.15) is 17.2 Å². The van der Waals surface area contributed by atoms with Crippen LogP contribution in [0.15, 0.2) is 51.9 Å². The molecular weight excluding hydrogens is 394 g/mol. The molecule has 8 heteroatoms. The Labute approximate surface area is 171 Å². The third kappa shape index (κ3) is 4.33. The molecule has 156 valence electrons. The van der Waals surface area contributed by atoms with Crippen LogP contribution in [-0.4, -0.2) is 32.3 Å². The molecule has 30 heavy (non-hydrogen) atoms. The van der Waals surface area contributed by atoms with Gasteiger partial charge in [-0.25, -0.2) is 13.8 Å². The Bertz CT molecular complexity index is 1130. The first kappa shape index (κ1) is 20.0. The summed E-state index contributed by atoms with van der Waals surface area (Å²) < 4.78 is 43.9. The summed E-state index contributed by atoms with van der Waals surface area (Å²) in [5, 5.41) is 3.45. The van der Waals surface area contributed by atoms with Crippen LogP contribution in [0.4, 0.5) is 14.5 Å². The number of ether oxygens (including phenoxy) is 2. The molecule has 1 saturated heterocycles. The predicted molar refractivity (Wildman–Crippen MR) is 106 cm³/mol. The second-order valence-corrected chi connectivity index (χ2v) is 6.93. The standard InChI is InChI=1S/C22H20F2N2O4/c1-28-19-6-2-4-13-8-18(21(27)25-12-17-5-3-7-29-17)22(30-20(13)19)26-16-10-14(23)9-15(24)11-16/h2,4,6,8-11,17H,3,5,7,12H2,1H3,(H,25,27)/t17-/m0/s1. The van der Waals surface area contributed by atoms with E-state index in [1.807, 2.05) is 0 Å². The van der Waals surface area contributed by atoms with Crippen LogP contribution in [0.1, 0.15) is 23.2 Å². The average Bonchev–Trinajstić information content (AvgIpc) is 3.24. The highest BCUT2D eigenvalue weighted by Crippen LogP contribution is 2.25. The summed E-state index contributed by atoms with van der Waals surface area (Å²) >= 11 is 0. The van der Waals surface area contributed by atoms with E-state index in [1.54, 1.807) is 24.3 Å². The van der Waals surface area contributed by atoms with Gasteiger partial charge in [0.25, 0.3) is 5.91 Å². The smallest absolute Gasteiger partial charge is 0.256 e. The lowest BCUT2D eigenvalue weighted by Crippen LogP contribution is -2.34. The molecule has 1 atom stereocenters. The highest BCUT2D eigenvalue weighted by Gasteiger charge is 2.19. The summed E-state index contributed by atoms with van der Waals surface area (Å²) in [6.45, 7) is 1.03. The molecular formula is C22H20F2N2O4. The Hall–Kier alpha value is -3.26. The van der Waals surface area contributed by atoms with Crippen molar-refractivity contribution in [3.63, 3.8) is 0 Å². The lowest BCUT2D eigenvalue weighted by Gasteiger charge is -2.12. The molecule has 2 heterocycles. The van der Waals surface area contributed by atoms with Gasteiger partial charge in [0, 0.05) is 24.6 Å². The summed E-state index contributed by atoms with van der Waals surface area (Å²) in [6, 6.07) is 9.70. The first-order valence-electron chi connectivity index (χ1n) is 9.55. The summed E-state index contributed by atoms with van der Waals surface area (Å²) in [5.74, 6) is -1.54. The normalized spacial score (nSPS) is 16.8. The van der Waals surface area contributed by atoms with Crippen LogP contribution in [0.25, 0.3) is 11.0 Å². The first-order chi connectivity index (χ1) is 14.5. The molecule has 3 aromatic rings. The van der Waals surface area contributed by atoms with Crippen molar-refractivity contribution in [1.29, 1.82) is 0 Å². The average molecular weight is 414 g/mol. The third-order valence-corrected chi connectivity index (χ3v) is 4.80. The molecule has 2 aromatic carbocycles. The number of para-hydroxylation sites is 1. The van der Waals surface area contributed by atoms with Gasteiger partial charge in [0.05, 0.1) is 18.9 Å². The second-order valence-electron chi connectivity index (χ2n) is 6.93. The molecule has 1 aliphatic heterocycles. The van der Waals surface area contributed by atoms with Crippen LogP contribution in [0.5, 0.6) is 5.75 Å². The fourth-order valence-electron chi connectivity index (χ4n) is 3.36. The third-order valence-electron chi connectivity index (χ3n) is 4.80.